The first-order chi connectivity index (χ1) is 17.6. The molecule has 0 aliphatic heterocycles. The molecule has 1 unspecified atom stereocenters. The Morgan fingerprint density at radius 1 is 0.972 bits per heavy atom. The topological polar surface area (TPSA) is 80.3 Å². The van der Waals surface area contributed by atoms with Gasteiger partial charge in [0.05, 0.1) is 12.8 Å². The number of thiazole rings is 1. The maximum atomic E-state index is 13.4. The van der Waals surface area contributed by atoms with Crippen LogP contribution in [0.25, 0.3) is 11.3 Å². The van der Waals surface area contributed by atoms with Crippen LogP contribution in [-0.2, 0) is 9.59 Å². The molecule has 1 aromatic heterocycles. The molecule has 0 fully saturated rings. The summed E-state index contributed by atoms with van der Waals surface area (Å²) in [6, 6.07) is 24.9. The molecule has 3 aromatic carbocycles. The molecule has 8 heteroatoms. The minimum Gasteiger partial charge on any atom is -0.497 e. The molecule has 0 saturated heterocycles. The van der Waals surface area contributed by atoms with Crippen molar-refractivity contribution in [2.45, 2.75) is 29.9 Å². The van der Waals surface area contributed by atoms with Crippen LogP contribution in [0.15, 0.2) is 89.1 Å². The van der Waals surface area contributed by atoms with E-state index in [1.54, 1.807) is 7.11 Å². The number of thioether (sulfide) groups is 1. The third-order valence-corrected chi connectivity index (χ3v) is 7.35. The van der Waals surface area contributed by atoms with Crippen molar-refractivity contribution in [1.82, 2.24) is 4.98 Å². The zero-order valence-electron chi connectivity index (χ0n) is 20.1. The number of benzene rings is 3. The van der Waals surface area contributed by atoms with Gasteiger partial charge in [0.1, 0.15) is 11.0 Å². The number of anilines is 2. The van der Waals surface area contributed by atoms with Crippen LogP contribution in [-0.4, -0.2) is 23.9 Å². The second kappa shape index (κ2) is 12.4. The standard InChI is InChI=1S/C28H27N3O3S2/c1-3-7-25(32)29-21-12-16-23(17-13-21)36-26(20-8-5-4-6-9-20)27(33)31-28-30-24(18-35-28)19-10-14-22(34-2)15-11-19/h4-6,8-18,26H,3,7H2,1-2H3,(H,29,32)(H,30,31,33). The first-order valence-corrected chi connectivity index (χ1v) is 13.3. The lowest BCUT2D eigenvalue weighted by atomic mass is 10.1. The molecular weight excluding hydrogens is 490 g/mol. The van der Waals surface area contributed by atoms with E-state index in [0.717, 1.165) is 39.6 Å². The number of hydrogen-bond acceptors (Lipinski definition) is 6. The number of rotatable bonds is 10. The summed E-state index contributed by atoms with van der Waals surface area (Å²) in [7, 11) is 1.63. The number of carbonyl (C=O) groups excluding carboxylic acids is 2. The normalized spacial score (nSPS) is 11.5. The largest absolute Gasteiger partial charge is 0.497 e. The minimum absolute atomic E-state index is 0.00287. The average molecular weight is 518 g/mol. The van der Waals surface area contributed by atoms with Crippen molar-refractivity contribution >= 4 is 45.7 Å². The fraction of sp³-hybridized carbons (Fsp3) is 0.179. The van der Waals surface area contributed by atoms with Gasteiger partial charge in [0.25, 0.3) is 0 Å². The van der Waals surface area contributed by atoms with E-state index in [1.807, 2.05) is 91.2 Å². The van der Waals surface area contributed by atoms with Crippen LogP contribution in [0.4, 0.5) is 10.8 Å². The highest BCUT2D eigenvalue weighted by molar-refractivity contribution is 8.00. The van der Waals surface area contributed by atoms with Gasteiger partial charge in [0, 0.05) is 27.9 Å². The highest BCUT2D eigenvalue weighted by Crippen LogP contribution is 2.37. The van der Waals surface area contributed by atoms with Crippen molar-refractivity contribution in [3.63, 3.8) is 0 Å². The van der Waals surface area contributed by atoms with Crippen molar-refractivity contribution in [1.29, 1.82) is 0 Å². The number of aromatic nitrogens is 1. The molecule has 36 heavy (non-hydrogen) atoms. The highest BCUT2D eigenvalue weighted by Gasteiger charge is 2.23. The van der Waals surface area contributed by atoms with E-state index >= 15 is 0 Å². The second-order valence-electron chi connectivity index (χ2n) is 7.99. The molecule has 1 heterocycles. The Bertz CT molecular complexity index is 1290. The molecular formula is C28H27N3O3S2. The van der Waals surface area contributed by atoms with Gasteiger partial charge in [0.15, 0.2) is 5.13 Å². The van der Waals surface area contributed by atoms with Crippen molar-refractivity contribution in [2.24, 2.45) is 0 Å². The average Bonchev–Trinajstić information content (AvgIpc) is 3.37. The monoisotopic (exact) mass is 517 g/mol. The number of ether oxygens (including phenoxy) is 1. The van der Waals surface area contributed by atoms with Gasteiger partial charge in [-0.05, 0) is 60.5 Å². The van der Waals surface area contributed by atoms with Gasteiger partial charge in [-0.25, -0.2) is 4.98 Å². The summed E-state index contributed by atoms with van der Waals surface area (Å²) < 4.78 is 5.22. The molecule has 1 atom stereocenters. The quantitative estimate of drug-likeness (QED) is 0.221. The summed E-state index contributed by atoms with van der Waals surface area (Å²) in [5, 5.41) is 7.88. The Morgan fingerprint density at radius 2 is 1.69 bits per heavy atom. The van der Waals surface area contributed by atoms with Gasteiger partial charge >= 0.3 is 0 Å². The molecule has 4 rings (SSSR count). The van der Waals surface area contributed by atoms with Gasteiger partial charge in [0.2, 0.25) is 11.8 Å². The first-order valence-electron chi connectivity index (χ1n) is 11.6. The van der Waals surface area contributed by atoms with E-state index in [-0.39, 0.29) is 11.8 Å². The van der Waals surface area contributed by atoms with E-state index in [2.05, 4.69) is 15.6 Å². The Morgan fingerprint density at radius 3 is 2.36 bits per heavy atom. The maximum absolute atomic E-state index is 13.4. The Balaban J connectivity index is 1.48. The van der Waals surface area contributed by atoms with E-state index in [4.69, 9.17) is 4.74 Å². The first kappa shape index (κ1) is 25.5. The van der Waals surface area contributed by atoms with Gasteiger partial charge in [-0.2, -0.15) is 0 Å². The molecule has 0 spiro atoms. The molecule has 4 aromatic rings. The summed E-state index contributed by atoms with van der Waals surface area (Å²) in [6.45, 7) is 1.97. The minimum atomic E-state index is -0.472. The summed E-state index contributed by atoms with van der Waals surface area (Å²) in [4.78, 5) is 30.8. The van der Waals surface area contributed by atoms with Crippen molar-refractivity contribution < 1.29 is 14.3 Å². The Kier molecular flexibility index (Phi) is 8.76. The predicted molar refractivity (Wildman–Crippen MR) is 148 cm³/mol. The van der Waals surface area contributed by atoms with E-state index < -0.39 is 5.25 Å². The molecule has 184 valence electrons. The highest BCUT2D eigenvalue weighted by atomic mass is 32.2. The fourth-order valence-corrected chi connectivity index (χ4v) is 5.25. The van der Waals surface area contributed by atoms with Crippen LogP contribution in [0.2, 0.25) is 0 Å². The third-order valence-electron chi connectivity index (χ3n) is 5.33. The molecule has 0 radical (unpaired) electrons. The van der Waals surface area contributed by atoms with Crippen molar-refractivity contribution in [3.8, 4) is 17.0 Å². The smallest absolute Gasteiger partial charge is 0.244 e. The number of amides is 2. The number of carbonyl (C=O) groups is 2. The molecule has 0 aliphatic carbocycles. The fourth-order valence-electron chi connectivity index (χ4n) is 3.50. The third kappa shape index (κ3) is 6.74. The molecule has 2 amide bonds. The Labute approximate surface area is 219 Å². The van der Waals surface area contributed by atoms with Crippen LogP contribution < -0.4 is 15.4 Å². The van der Waals surface area contributed by atoms with E-state index in [9.17, 15) is 9.59 Å². The van der Waals surface area contributed by atoms with E-state index in [0.29, 0.717) is 11.6 Å². The van der Waals surface area contributed by atoms with E-state index in [1.165, 1.54) is 23.1 Å². The second-order valence-corrected chi connectivity index (χ2v) is 10.0. The lowest BCUT2D eigenvalue weighted by molar-refractivity contribution is -0.116. The molecule has 6 nitrogen and oxygen atoms in total. The number of methoxy groups -OCH3 is 1. The van der Waals surface area contributed by atoms with Gasteiger partial charge in [-0.3, -0.25) is 9.59 Å². The molecule has 0 saturated carbocycles. The summed E-state index contributed by atoms with van der Waals surface area (Å²) in [5.74, 6) is 0.626. The predicted octanol–water partition coefficient (Wildman–Crippen LogP) is 7.03. The molecule has 0 bridgehead atoms. The van der Waals surface area contributed by atoms with Gasteiger partial charge in [-0.15, -0.1) is 23.1 Å². The van der Waals surface area contributed by atoms with Crippen molar-refractivity contribution in [2.75, 3.05) is 17.7 Å². The Hall–Kier alpha value is -3.62. The van der Waals surface area contributed by atoms with Crippen LogP contribution in [0.3, 0.4) is 0 Å². The number of nitrogens with one attached hydrogen (secondary N) is 2. The zero-order valence-corrected chi connectivity index (χ0v) is 21.7. The molecule has 0 aliphatic rings. The summed E-state index contributed by atoms with van der Waals surface area (Å²) in [5.41, 5.74) is 3.38. The number of hydrogen-bond donors (Lipinski definition) is 2. The van der Waals surface area contributed by atoms with Crippen LogP contribution in [0, 0.1) is 0 Å². The van der Waals surface area contributed by atoms with Crippen LogP contribution in [0.5, 0.6) is 5.75 Å². The summed E-state index contributed by atoms with van der Waals surface area (Å²) >= 11 is 2.84. The lowest BCUT2D eigenvalue weighted by Gasteiger charge is -2.16. The van der Waals surface area contributed by atoms with Crippen molar-refractivity contribution in [3.05, 3.63) is 89.8 Å². The zero-order chi connectivity index (χ0) is 25.3. The SMILES string of the molecule is CCCC(=O)Nc1ccc(SC(C(=O)Nc2nc(-c3ccc(OC)cc3)cs2)c2ccccc2)cc1. The lowest BCUT2D eigenvalue weighted by Crippen LogP contribution is -2.19. The van der Waals surface area contributed by atoms with Crippen LogP contribution in [0.1, 0.15) is 30.6 Å². The summed E-state index contributed by atoms with van der Waals surface area (Å²) in [6.07, 6.45) is 1.29. The molecule has 2 N–H and O–H groups in total. The maximum Gasteiger partial charge on any atom is 0.244 e. The number of nitrogens with zero attached hydrogens (tertiary/aromatic N) is 1. The van der Waals surface area contributed by atoms with Crippen LogP contribution >= 0.6 is 23.1 Å². The van der Waals surface area contributed by atoms with Gasteiger partial charge < -0.3 is 15.4 Å². The van der Waals surface area contributed by atoms with Gasteiger partial charge in [-0.1, -0.05) is 37.3 Å².